The summed E-state index contributed by atoms with van der Waals surface area (Å²) in [5.41, 5.74) is 0. The summed E-state index contributed by atoms with van der Waals surface area (Å²) in [6, 6.07) is -0.138. The van der Waals surface area contributed by atoms with Gasteiger partial charge in [-0.1, -0.05) is 19.3 Å². The molecule has 0 spiro atoms. The van der Waals surface area contributed by atoms with E-state index in [0.717, 1.165) is 32.1 Å². The number of carbonyl (C=O) groups excluding carboxylic acids is 2. The highest BCUT2D eigenvalue weighted by atomic mass is 16.3. The molecule has 2 aliphatic rings. The van der Waals surface area contributed by atoms with Gasteiger partial charge in [-0.15, -0.1) is 0 Å². The molecule has 5 heteroatoms. The number of hydrogen-bond acceptors (Lipinski definition) is 3. The molecule has 3 atom stereocenters. The standard InChI is InChI=1S/C13H22N2O3/c1-15-8-9(7-12(15)17)13(18)14-10-5-3-2-4-6-11(10)16/h9-11,16H,2-8H2,1H3,(H,14,18). The maximum absolute atomic E-state index is 12.1. The van der Waals surface area contributed by atoms with Crippen LogP contribution in [0.2, 0.25) is 0 Å². The van der Waals surface area contributed by atoms with Crippen LogP contribution in [0.3, 0.4) is 0 Å². The van der Waals surface area contributed by atoms with E-state index in [1.165, 1.54) is 0 Å². The van der Waals surface area contributed by atoms with Crippen molar-refractivity contribution in [3.63, 3.8) is 0 Å². The molecule has 1 saturated heterocycles. The average Bonchev–Trinajstić information content (AvgIpc) is 2.54. The van der Waals surface area contributed by atoms with Crippen LogP contribution in [-0.4, -0.2) is 47.6 Å². The summed E-state index contributed by atoms with van der Waals surface area (Å²) in [5, 5.41) is 12.9. The van der Waals surface area contributed by atoms with Crippen molar-refractivity contribution in [1.29, 1.82) is 0 Å². The topological polar surface area (TPSA) is 69.6 Å². The summed E-state index contributed by atoms with van der Waals surface area (Å²) in [7, 11) is 1.72. The normalized spacial score (nSPS) is 33.3. The molecule has 2 rings (SSSR count). The third-order valence-corrected chi connectivity index (χ3v) is 4.02. The predicted molar refractivity (Wildman–Crippen MR) is 66.8 cm³/mol. The van der Waals surface area contributed by atoms with Crippen LogP contribution in [0.15, 0.2) is 0 Å². The van der Waals surface area contributed by atoms with Crippen LogP contribution >= 0.6 is 0 Å². The monoisotopic (exact) mass is 254 g/mol. The van der Waals surface area contributed by atoms with Crippen molar-refractivity contribution < 1.29 is 14.7 Å². The Kier molecular flexibility index (Phi) is 4.22. The highest BCUT2D eigenvalue weighted by molar-refractivity contribution is 5.89. The number of carbonyl (C=O) groups is 2. The average molecular weight is 254 g/mol. The number of likely N-dealkylation sites (tertiary alicyclic amines) is 1. The van der Waals surface area contributed by atoms with E-state index < -0.39 is 6.10 Å². The highest BCUT2D eigenvalue weighted by Crippen LogP contribution is 2.20. The minimum Gasteiger partial charge on any atom is -0.391 e. The number of rotatable bonds is 2. The third kappa shape index (κ3) is 3.02. The van der Waals surface area contributed by atoms with Crippen molar-refractivity contribution in [2.45, 2.75) is 50.7 Å². The molecule has 0 bridgehead atoms. The van der Waals surface area contributed by atoms with E-state index >= 15 is 0 Å². The fourth-order valence-electron chi connectivity index (χ4n) is 2.80. The largest absolute Gasteiger partial charge is 0.391 e. The molecule has 2 amide bonds. The molecule has 1 aliphatic carbocycles. The Bertz CT molecular complexity index is 332. The van der Waals surface area contributed by atoms with Gasteiger partial charge in [-0.05, 0) is 12.8 Å². The van der Waals surface area contributed by atoms with E-state index in [1.54, 1.807) is 11.9 Å². The lowest BCUT2D eigenvalue weighted by Gasteiger charge is -2.23. The molecule has 1 heterocycles. The van der Waals surface area contributed by atoms with Gasteiger partial charge in [0.25, 0.3) is 0 Å². The quantitative estimate of drug-likeness (QED) is 0.695. The minimum absolute atomic E-state index is 0.0246. The molecule has 0 aromatic rings. The predicted octanol–water partition coefficient (Wildman–Crippen LogP) is 0.274. The van der Waals surface area contributed by atoms with Crippen molar-refractivity contribution in [2.75, 3.05) is 13.6 Å². The summed E-state index contributed by atoms with van der Waals surface area (Å²) in [6.45, 7) is 0.494. The third-order valence-electron chi connectivity index (χ3n) is 4.02. The van der Waals surface area contributed by atoms with Crippen LogP contribution in [0, 0.1) is 5.92 Å². The van der Waals surface area contributed by atoms with Gasteiger partial charge >= 0.3 is 0 Å². The molecule has 18 heavy (non-hydrogen) atoms. The molecule has 2 fully saturated rings. The number of nitrogens with zero attached hydrogens (tertiary/aromatic N) is 1. The molecule has 0 aromatic carbocycles. The molecular formula is C13H22N2O3. The van der Waals surface area contributed by atoms with Gasteiger partial charge in [0.05, 0.1) is 18.1 Å². The summed E-state index contributed by atoms with van der Waals surface area (Å²) in [6.07, 6.45) is 4.65. The lowest BCUT2D eigenvalue weighted by atomic mass is 10.0. The lowest BCUT2D eigenvalue weighted by Crippen LogP contribution is -2.45. The Labute approximate surface area is 108 Å². The lowest BCUT2D eigenvalue weighted by molar-refractivity contribution is -0.129. The van der Waals surface area contributed by atoms with Gasteiger partial charge in [-0.2, -0.15) is 0 Å². The van der Waals surface area contributed by atoms with Gasteiger partial charge in [0.2, 0.25) is 11.8 Å². The maximum atomic E-state index is 12.1. The molecule has 0 radical (unpaired) electrons. The Hall–Kier alpha value is -1.10. The smallest absolute Gasteiger partial charge is 0.225 e. The van der Waals surface area contributed by atoms with Crippen LogP contribution in [-0.2, 0) is 9.59 Å². The summed E-state index contributed by atoms with van der Waals surface area (Å²) < 4.78 is 0. The van der Waals surface area contributed by atoms with Crippen LogP contribution < -0.4 is 5.32 Å². The van der Waals surface area contributed by atoms with Crippen molar-refractivity contribution in [3.8, 4) is 0 Å². The van der Waals surface area contributed by atoms with Crippen molar-refractivity contribution in [1.82, 2.24) is 10.2 Å². The minimum atomic E-state index is -0.439. The SMILES string of the molecule is CN1CC(C(=O)NC2CCCCCC2O)CC1=O. The molecule has 0 aromatic heterocycles. The van der Waals surface area contributed by atoms with E-state index in [2.05, 4.69) is 5.32 Å². The molecule has 1 aliphatic heterocycles. The Balaban J connectivity index is 1.88. The fourth-order valence-corrected chi connectivity index (χ4v) is 2.80. The first kappa shape index (κ1) is 13.3. The number of hydrogen-bond donors (Lipinski definition) is 2. The van der Waals surface area contributed by atoms with Gasteiger partial charge in [-0.25, -0.2) is 0 Å². The molecular weight excluding hydrogens is 232 g/mol. The van der Waals surface area contributed by atoms with Crippen LogP contribution in [0.5, 0.6) is 0 Å². The number of aliphatic hydroxyl groups is 1. The van der Waals surface area contributed by atoms with Crippen LogP contribution in [0.4, 0.5) is 0 Å². The molecule has 1 saturated carbocycles. The summed E-state index contributed by atoms with van der Waals surface area (Å²) >= 11 is 0. The zero-order valence-electron chi connectivity index (χ0n) is 10.9. The van der Waals surface area contributed by atoms with E-state index in [4.69, 9.17) is 0 Å². The first-order valence-electron chi connectivity index (χ1n) is 6.80. The van der Waals surface area contributed by atoms with E-state index in [-0.39, 0.29) is 23.8 Å². The van der Waals surface area contributed by atoms with Crippen molar-refractivity contribution >= 4 is 11.8 Å². The number of aliphatic hydroxyl groups excluding tert-OH is 1. The van der Waals surface area contributed by atoms with Gasteiger partial charge < -0.3 is 15.3 Å². The fraction of sp³-hybridized carbons (Fsp3) is 0.846. The zero-order chi connectivity index (χ0) is 13.1. The Morgan fingerprint density at radius 1 is 1.33 bits per heavy atom. The van der Waals surface area contributed by atoms with Gasteiger partial charge in [0.1, 0.15) is 0 Å². The summed E-state index contributed by atoms with van der Waals surface area (Å²) in [5.74, 6) is -0.312. The highest BCUT2D eigenvalue weighted by Gasteiger charge is 2.34. The van der Waals surface area contributed by atoms with E-state index in [1.807, 2.05) is 0 Å². The Morgan fingerprint density at radius 2 is 2.06 bits per heavy atom. The van der Waals surface area contributed by atoms with E-state index in [9.17, 15) is 14.7 Å². The van der Waals surface area contributed by atoms with E-state index in [0.29, 0.717) is 13.0 Å². The molecule has 2 N–H and O–H groups in total. The molecule has 5 nitrogen and oxygen atoms in total. The molecule has 102 valence electrons. The Morgan fingerprint density at radius 3 is 2.72 bits per heavy atom. The second-order valence-corrected chi connectivity index (χ2v) is 5.50. The van der Waals surface area contributed by atoms with Gasteiger partial charge in [0, 0.05) is 20.0 Å². The van der Waals surface area contributed by atoms with Crippen molar-refractivity contribution in [2.24, 2.45) is 5.92 Å². The molecule has 3 unspecified atom stereocenters. The van der Waals surface area contributed by atoms with Gasteiger partial charge in [0.15, 0.2) is 0 Å². The maximum Gasteiger partial charge on any atom is 0.225 e. The number of amides is 2. The second kappa shape index (κ2) is 5.69. The van der Waals surface area contributed by atoms with Gasteiger partial charge in [-0.3, -0.25) is 9.59 Å². The summed E-state index contributed by atoms with van der Waals surface area (Å²) in [4.78, 5) is 25.0. The first-order chi connectivity index (χ1) is 8.58. The second-order valence-electron chi connectivity index (χ2n) is 5.50. The first-order valence-corrected chi connectivity index (χ1v) is 6.80. The van der Waals surface area contributed by atoms with Crippen LogP contribution in [0.1, 0.15) is 38.5 Å². The van der Waals surface area contributed by atoms with Crippen molar-refractivity contribution in [3.05, 3.63) is 0 Å². The zero-order valence-corrected chi connectivity index (χ0v) is 10.9. The van der Waals surface area contributed by atoms with Crippen LogP contribution in [0.25, 0.3) is 0 Å². The number of nitrogens with one attached hydrogen (secondary N) is 1.